The Balaban J connectivity index is 2.29. The Morgan fingerprint density at radius 3 is 2.58 bits per heavy atom. The molecule has 0 heterocycles. The highest BCUT2D eigenvalue weighted by atomic mass is 79.9. The smallest absolute Gasteiger partial charge is 0.127 e. The van der Waals surface area contributed by atoms with E-state index in [0.29, 0.717) is 18.5 Å². The third kappa shape index (κ3) is 2.71. The normalized spacial score (nSPS) is 29.7. The van der Waals surface area contributed by atoms with Gasteiger partial charge in [-0.3, -0.25) is 0 Å². The van der Waals surface area contributed by atoms with E-state index >= 15 is 0 Å². The van der Waals surface area contributed by atoms with E-state index in [4.69, 9.17) is 5.73 Å². The molecule has 1 saturated carbocycles. The zero-order valence-corrected chi connectivity index (χ0v) is 13.0. The molecule has 0 amide bonds. The third-order valence-electron chi connectivity index (χ3n) is 4.55. The predicted molar refractivity (Wildman–Crippen MR) is 78.3 cm³/mol. The molecule has 1 aromatic rings. The van der Waals surface area contributed by atoms with Crippen LogP contribution in [-0.4, -0.2) is 17.8 Å². The monoisotopic (exact) mass is 329 g/mol. The molecule has 0 radical (unpaired) electrons. The van der Waals surface area contributed by atoms with Crippen molar-refractivity contribution in [3.63, 3.8) is 0 Å². The highest BCUT2D eigenvalue weighted by Crippen LogP contribution is 2.50. The molecule has 0 aromatic heterocycles. The highest BCUT2D eigenvalue weighted by Gasteiger charge is 2.51. The van der Waals surface area contributed by atoms with Crippen molar-refractivity contribution in [3.8, 4) is 0 Å². The zero-order chi connectivity index (χ0) is 14.3. The van der Waals surface area contributed by atoms with Gasteiger partial charge in [0.2, 0.25) is 0 Å². The van der Waals surface area contributed by atoms with Crippen LogP contribution < -0.4 is 5.73 Å². The lowest BCUT2D eigenvalue weighted by atomic mass is 9.74. The van der Waals surface area contributed by atoms with Crippen molar-refractivity contribution < 1.29 is 9.50 Å². The molecule has 4 heteroatoms. The van der Waals surface area contributed by atoms with Gasteiger partial charge < -0.3 is 10.8 Å². The first kappa shape index (κ1) is 14.9. The molecule has 0 bridgehead atoms. The lowest BCUT2D eigenvalue weighted by molar-refractivity contribution is -0.00498. The minimum atomic E-state index is -0.493. The summed E-state index contributed by atoms with van der Waals surface area (Å²) in [6, 6.07) is 5.07. The average molecular weight is 330 g/mol. The summed E-state index contributed by atoms with van der Waals surface area (Å²) in [5.41, 5.74) is 5.99. The summed E-state index contributed by atoms with van der Waals surface area (Å²) < 4.78 is 14.7. The number of hydrogen-bond donors (Lipinski definition) is 2. The fraction of sp³-hybridized carbons (Fsp3) is 0.600. The fourth-order valence-corrected chi connectivity index (χ4v) is 3.52. The van der Waals surface area contributed by atoms with Crippen molar-refractivity contribution in [2.75, 3.05) is 6.54 Å². The molecule has 1 aromatic carbocycles. The van der Waals surface area contributed by atoms with Gasteiger partial charge in [-0.2, -0.15) is 0 Å². The van der Waals surface area contributed by atoms with Gasteiger partial charge >= 0.3 is 0 Å². The van der Waals surface area contributed by atoms with Gasteiger partial charge in [0, 0.05) is 16.4 Å². The molecule has 0 aliphatic heterocycles. The Bertz CT molecular complexity index is 477. The van der Waals surface area contributed by atoms with Crippen molar-refractivity contribution in [3.05, 3.63) is 34.1 Å². The first-order valence-corrected chi connectivity index (χ1v) is 7.42. The minimum Gasteiger partial charge on any atom is -0.392 e. The van der Waals surface area contributed by atoms with E-state index in [1.165, 1.54) is 6.07 Å². The van der Waals surface area contributed by atoms with Crippen molar-refractivity contribution >= 4 is 15.9 Å². The first-order valence-electron chi connectivity index (χ1n) is 6.63. The molecule has 3 N–H and O–H groups in total. The maximum absolute atomic E-state index is 14.0. The molecular weight excluding hydrogens is 309 g/mol. The quantitative estimate of drug-likeness (QED) is 0.894. The lowest BCUT2D eigenvalue weighted by Gasteiger charge is -2.36. The summed E-state index contributed by atoms with van der Waals surface area (Å²) in [5, 5.41) is 10.6. The summed E-state index contributed by atoms with van der Waals surface area (Å²) >= 11 is 3.26. The highest BCUT2D eigenvalue weighted by molar-refractivity contribution is 9.10. The number of hydrogen-bond acceptors (Lipinski definition) is 2. The molecule has 0 spiro atoms. The summed E-state index contributed by atoms with van der Waals surface area (Å²) in [7, 11) is 0. The second-order valence-corrected chi connectivity index (χ2v) is 7.29. The third-order valence-corrected chi connectivity index (χ3v) is 5.04. The van der Waals surface area contributed by atoms with Crippen molar-refractivity contribution in [2.24, 2.45) is 16.6 Å². The molecule has 2 unspecified atom stereocenters. The van der Waals surface area contributed by atoms with Gasteiger partial charge in [-0.05, 0) is 42.4 Å². The van der Waals surface area contributed by atoms with Crippen LogP contribution in [0.15, 0.2) is 22.7 Å². The van der Waals surface area contributed by atoms with E-state index in [9.17, 15) is 9.50 Å². The van der Waals surface area contributed by atoms with E-state index in [1.54, 1.807) is 6.07 Å². The largest absolute Gasteiger partial charge is 0.392 e. The molecule has 1 aliphatic rings. The molecule has 106 valence electrons. The van der Waals surface area contributed by atoms with E-state index < -0.39 is 11.5 Å². The van der Waals surface area contributed by atoms with Crippen LogP contribution in [0, 0.1) is 16.6 Å². The van der Waals surface area contributed by atoms with Crippen LogP contribution in [0.3, 0.4) is 0 Å². The summed E-state index contributed by atoms with van der Waals surface area (Å²) in [6.45, 7) is 4.48. The Labute approximate surface area is 122 Å². The number of aliphatic hydroxyl groups is 1. The Morgan fingerprint density at radius 2 is 2.11 bits per heavy atom. The SMILES string of the molecule is CC1(C)CCC(CN)(Cc2ccc(Br)cc2F)C1O. The number of nitrogens with two attached hydrogens (primary N) is 1. The van der Waals surface area contributed by atoms with Crippen LogP contribution in [0.5, 0.6) is 0 Å². The second-order valence-electron chi connectivity index (χ2n) is 6.37. The van der Waals surface area contributed by atoms with Crippen LogP contribution >= 0.6 is 15.9 Å². The van der Waals surface area contributed by atoms with Crippen molar-refractivity contribution in [1.29, 1.82) is 0 Å². The maximum Gasteiger partial charge on any atom is 0.127 e. The number of halogens is 2. The van der Waals surface area contributed by atoms with Gasteiger partial charge in [0.25, 0.3) is 0 Å². The lowest BCUT2D eigenvalue weighted by Crippen LogP contribution is -2.44. The Kier molecular flexibility index (Phi) is 4.05. The molecule has 2 nitrogen and oxygen atoms in total. The maximum atomic E-state index is 14.0. The molecule has 19 heavy (non-hydrogen) atoms. The molecular formula is C15H21BrFNO. The first-order chi connectivity index (χ1) is 8.81. The predicted octanol–water partition coefficient (Wildman–Crippen LogP) is 3.26. The zero-order valence-electron chi connectivity index (χ0n) is 11.4. The van der Waals surface area contributed by atoms with Crippen LogP contribution in [-0.2, 0) is 6.42 Å². The molecule has 0 saturated heterocycles. The fourth-order valence-electron chi connectivity index (χ4n) is 3.19. The summed E-state index contributed by atoms with van der Waals surface area (Å²) in [4.78, 5) is 0. The Hall–Kier alpha value is -0.450. The minimum absolute atomic E-state index is 0.148. The van der Waals surface area contributed by atoms with Gasteiger partial charge in [0.1, 0.15) is 5.82 Å². The van der Waals surface area contributed by atoms with Crippen LogP contribution in [0.4, 0.5) is 4.39 Å². The van der Waals surface area contributed by atoms with Gasteiger partial charge in [-0.1, -0.05) is 35.8 Å². The van der Waals surface area contributed by atoms with Crippen molar-refractivity contribution in [2.45, 2.75) is 39.2 Å². The van der Waals surface area contributed by atoms with E-state index in [-0.39, 0.29) is 11.2 Å². The summed E-state index contributed by atoms with van der Waals surface area (Å²) in [6.07, 6.45) is 1.76. The average Bonchev–Trinajstić information content (AvgIpc) is 2.57. The van der Waals surface area contributed by atoms with Gasteiger partial charge in [-0.25, -0.2) is 4.39 Å². The van der Waals surface area contributed by atoms with Gasteiger partial charge in [-0.15, -0.1) is 0 Å². The van der Waals surface area contributed by atoms with Crippen LogP contribution in [0.25, 0.3) is 0 Å². The van der Waals surface area contributed by atoms with E-state index in [2.05, 4.69) is 15.9 Å². The topological polar surface area (TPSA) is 46.2 Å². The number of benzene rings is 1. The summed E-state index contributed by atoms with van der Waals surface area (Å²) in [5.74, 6) is -0.237. The van der Waals surface area contributed by atoms with E-state index in [1.807, 2.05) is 19.9 Å². The van der Waals surface area contributed by atoms with Gasteiger partial charge in [0.05, 0.1) is 6.10 Å². The van der Waals surface area contributed by atoms with Gasteiger partial charge in [0.15, 0.2) is 0 Å². The number of rotatable bonds is 3. The molecule has 1 fully saturated rings. The van der Waals surface area contributed by atoms with E-state index in [0.717, 1.165) is 17.3 Å². The molecule has 2 rings (SSSR count). The second kappa shape index (κ2) is 5.15. The van der Waals surface area contributed by atoms with Crippen molar-refractivity contribution in [1.82, 2.24) is 0 Å². The molecule has 1 aliphatic carbocycles. The Morgan fingerprint density at radius 1 is 1.42 bits per heavy atom. The van der Waals surface area contributed by atoms with Crippen LogP contribution in [0.1, 0.15) is 32.3 Å². The molecule has 2 atom stereocenters. The number of aliphatic hydroxyl groups excluding tert-OH is 1. The van der Waals surface area contributed by atoms with Crippen LogP contribution in [0.2, 0.25) is 0 Å². The standard InChI is InChI=1S/C15H21BrFNO/c1-14(2)5-6-15(9-18,13(14)19)8-10-3-4-11(16)7-12(10)17/h3-4,7,13,19H,5-6,8-9,18H2,1-2H3.